The molecule has 4 heteroatoms. The predicted molar refractivity (Wildman–Crippen MR) is 60.0 cm³/mol. The van der Waals surface area contributed by atoms with Crippen LogP contribution in [0.1, 0.15) is 25.5 Å². The van der Waals surface area contributed by atoms with Crippen LogP contribution in [-0.4, -0.2) is 17.8 Å². The molecule has 0 aliphatic rings. The summed E-state index contributed by atoms with van der Waals surface area (Å²) in [5.74, 6) is 0.888. The van der Waals surface area contributed by atoms with Gasteiger partial charge in [-0.3, -0.25) is 4.79 Å². The molecule has 1 amide bonds. The molecule has 0 aliphatic carbocycles. The monoisotopic (exact) mass is 229 g/mol. The molecule has 0 spiro atoms. The van der Waals surface area contributed by atoms with Crippen LogP contribution in [0.3, 0.4) is 0 Å². The van der Waals surface area contributed by atoms with Gasteiger partial charge in [0.1, 0.15) is 5.76 Å². The third-order valence-electron chi connectivity index (χ3n) is 2.04. The molecule has 0 aliphatic heterocycles. The Morgan fingerprint density at radius 3 is 3.07 bits per heavy atom. The van der Waals surface area contributed by atoms with E-state index < -0.39 is 0 Å². The second-order valence-electron chi connectivity index (χ2n) is 3.50. The van der Waals surface area contributed by atoms with E-state index in [1.165, 1.54) is 0 Å². The van der Waals surface area contributed by atoms with E-state index in [1.54, 1.807) is 6.26 Å². The zero-order valence-corrected chi connectivity index (χ0v) is 9.59. The zero-order valence-electron chi connectivity index (χ0n) is 8.83. The van der Waals surface area contributed by atoms with Gasteiger partial charge in [-0.25, -0.2) is 0 Å². The lowest BCUT2D eigenvalue weighted by molar-refractivity contribution is -0.121. The molecule has 0 aromatic carbocycles. The molecule has 3 nitrogen and oxygen atoms in total. The van der Waals surface area contributed by atoms with Crippen molar-refractivity contribution in [2.45, 2.75) is 31.6 Å². The summed E-state index contributed by atoms with van der Waals surface area (Å²) in [4.78, 5) is 11.3. The Kier molecular flexibility index (Phi) is 5.26. The quantitative estimate of drug-likeness (QED) is 0.761. The van der Waals surface area contributed by atoms with E-state index in [0.717, 1.165) is 12.2 Å². The van der Waals surface area contributed by atoms with Crippen LogP contribution in [0.2, 0.25) is 0 Å². The molecular formula is C11H16ClNO2. The lowest BCUT2D eigenvalue weighted by Gasteiger charge is -2.05. The third-order valence-corrected chi connectivity index (χ3v) is 2.26. The van der Waals surface area contributed by atoms with Crippen molar-refractivity contribution in [3.8, 4) is 0 Å². The Hall–Kier alpha value is -0.960. The second kappa shape index (κ2) is 6.51. The van der Waals surface area contributed by atoms with Gasteiger partial charge in [0.15, 0.2) is 0 Å². The number of aryl methyl sites for hydroxylation is 1. The minimum absolute atomic E-state index is 0.0451. The number of carbonyl (C=O) groups is 1. The second-order valence-corrected chi connectivity index (χ2v) is 4.24. The molecule has 15 heavy (non-hydrogen) atoms. The molecule has 1 atom stereocenters. The van der Waals surface area contributed by atoms with Gasteiger partial charge in [-0.05, 0) is 25.5 Å². The van der Waals surface area contributed by atoms with Crippen molar-refractivity contribution in [3.63, 3.8) is 0 Å². The highest BCUT2D eigenvalue weighted by Gasteiger charge is 2.04. The Labute approximate surface area is 94.8 Å². The summed E-state index contributed by atoms with van der Waals surface area (Å²) in [5.41, 5.74) is 0. The number of hydrogen-bond donors (Lipinski definition) is 1. The summed E-state index contributed by atoms with van der Waals surface area (Å²) in [7, 11) is 0. The molecule has 1 unspecified atom stereocenters. The summed E-state index contributed by atoms with van der Waals surface area (Å²) in [6.45, 7) is 2.55. The van der Waals surface area contributed by atoms with Crippen LogP contribution in [0.25, 0.3) is 0 Å². The Morgan fingerprint density at radius 2 is 2.47 bits per heavy atom. The average molecular weight is 230 g/mol. The Balaban J connectivity index is 2.09. The predicted octanol–water partition coefficient (Wildman–Crippen LogP) is 2.35. The first-order valence-corrected chi connectivity index (χ1v) is 5.55. The van der Waals surface area contributed by atoms with Crippen molar-refractivity contribution < 1.29 is 9.21 Å². The van der Waals surface area contributed by atoms with Crippen LogP contribution in [0.15, 0.2) is 22.8 Å². The minimum atomic E-state index is 0.0451. The summed E-state index contributed by atoms with van der Waals surface area (Å²) in [6, 6.07) is 3.69. The highest BCUT2D eigenvalue weighted by atomic mass is 35.5. The van der Waals surface area contributed by atoms with Gasteiger partial charge in [0.2, 0.25) is 5.91 Å². The van der Waals surface area contributed by atoms with Crippen molar-refractivity contribution >= 4 is 17.5 Å². The Morgan fingerprint density at radius 1 is 1.67 bits per heavy atom. The zero-order chi connectivity index (χ0) is 11.1. The molecule has 1 aromatic rings. The molecule has 0 fully saturated rings. The number of amides is 1. The molecule has 1 N–H and O–H groups in total. The van der Waals surface area contributed by atoms with Crippen LogP contribution in [0, 0.1) is 0 Å². The molecule has 1 heterocycles. The van der Waals surface area contributed by atoms with Crippen molar-refractivity contribution in [1.82, 2.24) is 5.32 Å². The standard InChI is InChI=1S/C11H16ClNO2/c1-9(12)6-7-13-11(14)5-4-10-3-2-8-15-10/h2-3,8-9H,4-7H2,1H3,(H,13,14). The summed E-state index contributed by atoms with van der Waals surface area (Å²) in [6.07, 6.45) is 3.52. The minimum Gasteiger partial charge on any atom is -0.469 e. The molecule has 84 valence electrons. The van der Waals surface area contributed by atoms with Crippen molar-refractivity contribution in [2.24, 2.45) is 0 Å². The first-order valence-electron chi connectivity index (χ1n) is 5.11. The number of halogens is 1. The molecule has 1 aromatic heterocycles. The van der Waals surface area contributed by atoms with E-state index >= 15 is 0 Å². The van der Waals surface area contributed by atoms with E-state index in [1.807, 2.05) is 19.1 Å². The number of furan rings is 1. The average Bonchev–Trinajstić information content (AvgIpc) is 2.66. The maximum absolute atomic E-state index is 11.3. The SMILES string of the molecule is CC(Cl)CCNC(=O)CCc1ccco1. The Bertz CT molecular complexity index is 283. The largest absolute Gasteiger partial charge is 0.469 e. The summed E-state index contributed by atoms with van der Waals surface area (Å²) in [5, 5.41) is 2.92. The summed E-state index contributed by atoms with van der Waals surface area (Å²) >= 11 is 5.75. The molecule has 0 saturated carbocycles. The molecule has 0 bridgehead atoms. The summed E-state index contributed by atoms with van der Waals surface area (Å²) < 4.78 is 5.13. The number of alkyl halides is 1. The van der Waals surface area contributed by atoms with Crippen molar-refractivity contribution in [3.05, 3.63) is 24.2 Å². The fraction of sp³-hybridized carbons (Fsp3) is 0.545. The number of carbonyl (C=O) groups excluding carboxylic acids is 1. The molecular weight excluding hydrogens is 214 g/mol. The maximum Gasteiger partial charge on any atom is 0.220 e. The van der Waals surface area contributed by atoms with Crippen LogP contribution in [-0.2, 0) is 11.2 Å². The van der Waals surface area contributed by atoms with Gasteiger partial charge in [0.05, 0.1) is 6.26 Å². The van der Waals surface area contributed by atoms with Gasteiger partial charge in [-0.1, -0.05) is 0 Å². The van der Waals surface area contributed by atoms with Gasteiger partial charge in [-0.15, -0.1) is 11.6 Å². The van der Waals surface area contributed by atoms with Crippen LogP contribution < -0.4 is 5.32 Å². The van der Waals surface area contributed by atoms with Gasteiger partial charge < -0.3 is 9.73 Å². The van der Waals surface area contributed by atoms with E-state index in [0.29, 0.717) is 19.4 Å². The van der Waals surface area contributed by atoms with E-state index in [2.05, 4.69) is 5.32 Å². The smallest absolute Gasteiger partial charge is 0.220 e. The van der Waals surface area contributed by atoms with Crippen molar-refractivity contribution in [1.29, 1.82) is 0 Å². The normalized spacial score (nSPS) is 12.4. The lowest BCUT2D eigenvalue weighted by atomic mass is 10.2. The third kappa shape index (κ3) is 5.47. The van der Waals surface area contributed by atoms with Gasteiger partial charge >= 0.3 is 0 Å². The number of rotatable bonds is 6. The van der Waals surface area contributed by atoms with E-state index in [9.17, 15) is 4.79 Å². The topological polar surface area (TPSA) is 42.2 Å². The highest BCUT2D eigenvalue weighted by molar-refractivity contribution is 6.20. The fourth-order valence-corrected chi connectivity index (χ4v) is 1.30. The molecule has 0 radical (unpaired) electrons. The lowest BCUT2D eigenvalue weighted by Crippen LogP contribution is -2.25. The fourth-order valence-electron chi connectivity index (χ4n) is 1.19. The van der Waals surface area contributed by atoms with Crippen LogP contribution >= 0.6 is 11.6 Å². The van der Waals surface area contributed by atoms with E-state index in [-0.39, 0.29) is 11.3 Å². The highest BCUT2D eigenvalue weighted by Crippen LogP contribution is 2.03. The first-order chi connectivity index (χ1) is 7.18. The van der Waals surface area contributed by atoms with Crippen LogP contribution in [0.4, 0.5) is 0 Å². The van der Waals surface area contributed by atoms with Gasteiger partial charge in [0.25, 0.3) is 0 Å². The maximum atomic E-state index is 11.3. The van der Waals surface area contributed by atoms with Gasteiger partial charge in [0, 0.05) is 24.8 Å². The van der Waals surface area contributed by atoms with Crippen molar-refractivity contribution in [2.75, 3.05) is 6.54 Å². The number of hydrogen-bond acceptors (Lipinski definition) is 2. The molecule has 1 rings (SSSR count). The first kappa shape index (κ1) is 12.1. The van der Waals surface area contributed by atoms with Gasteiger partial charge in [-0.2, -0.15) is 0 Å². The van der Waals surface area contributed by atoms with E-state index in [4.69, 9.17) is 16.0 Å². The number of nitrogens with one attached hydrogen (secondary N) is 1. The van der Waals surface area contributed by atoms with Crippen LogP contribution in [0.5, 0.6) is 0 Å². The molecule has 0 saturated heterocycles.